The van der Waals surface area contributed by atoms with E-state index in [0.717, 1.165) is 37.5 Å². The molecule has 1 aliphatic carbocycles. The van der Waals surface area contributed by atoms with E-state index in [-0.39, 0.29) is 11.9 Å². The molecule has 0 atom stereocenters. The van der Waals surface area contributed by atoms with Gasteiger partial charge in [-0.15, -0.1) is 0 Å². The molecule has 2 fully saturated rings. The van der Waals surface area contributed by atoms with Gasteiger partial charge in [0, 0.05) is 30.7 Å². The first-order valence-corrected chi connectivity index (χ1v) is 8.78. The summed E-state index contributed by atoms with van der Waals surface area (Å²) in [4.78, 5) is 19.5. The fourth-order valence-electron chi connectivity index (χ4n) is 3.41. The number of carbonyl (C=O) groups is 1. The highest BCUT2D eigenvalue weighted by molar-refractivity contribution is 5.93. The van der Waals surface area contributed by atoms with Crippen molar-refractivity contribution < 1.29 is 9.21 Å². The van der Waals surface area contributed by atoms with E-state index in [0.29, 0.717) is 17.3 Å². The molecule has 1 saturated heterocycles. The lowest BCUT2D eigenvalue weighted by Crippen LogP contribution is -2.45. The van der Waals surface area contributed by atoms with Crippen LogP contribution in [0.25, 0.3) is 11.5 Å². The number of rotatable bonds is 4. The van der Waals surface area contributed by atoms with E-state index in [1.807, 2.05) is 37.3 Å². The van der Waals surface area contributed by atoms with Gasteiger partial charge in [0.15, 0.2) is 0 Å². The molecule has 1 aromatic carbocycles. The summed E-state index contributed by atoms with van der Waals surface area (Å²) in [6, 6.07) is 10.7. The minimum atomic E-state index is -0.146. The summed E-state index contributed by atoms with van der Waals surface area (Å²) in [5.41, 5.74) is 1.53. The Morgan fingerprint density at radius 2 is 1.88 bits per heavy atom. The van der Waals surface area contributed by atoms with Gasteiger partial charge in [0.1, 0.15) is 0 Å². The van der Waals surface area contributed by atoms with Crippen LogP contribution in [0.5, 0.6) is 0 Å². The predicted octanol–water partition coefficient (Wildman–Crippen LogP) is 3.01. The first kappa shape index (κ1) is 15.4. The van der Waals surface area contributed by atoms with E-state index < -0.39 is 0 Å². The van der Waals surface area contributed by atoms with Gasteiger partial charge in [-0.25, -0.2) is 4.98 Å². The molecular formula is C19H23N3O2. The number of aryl methyl sites for hydroxylation is 1. The Kier molecular flexibility index (Phi) is 4.10. The minimum absolute atomic E-state index is 0.146. The monoisotopic (exact) mass is 325 g/mol. The first-order chi connectivity index (χ1) is 11.7. The van der Waals surface area contributed by atoms with Gasteiger partial charge in [-0.1, -0.05) is 18.2 Å². The molecular weight excluding hydrogens is 302 g/mol. The molecule has 5 nitrogen and oxygen atoms in total. The number of benzene rings is 1. The number of hydrogen-bond donors (Lipinski definition) is 1. The van der Waals surface area contributed by atoms with Crippen LogP contribution in [-0.2, 0) is 0 Å². The molecule has 1 aromatic heterocycles. The normalized spacial score (nSPS) is 19.4. The summed E-state index contributed by atoms with van der Waals surface area (Å²) in [6.45, 7) is 3.99. The Balaban J connectivity index is 1.40. The average molecular weight is 325 g/mol. The third kappa shape index (κ3) is 3.22. The number of carbonyl (C=O) groups excluding carboxylic acids is 1. The maximum Gasteiger partial charge on any atom is 0.289 e. The average Bonchev–Trinajstić information content (AvgIpc) is 3.38. The molecule has 5 heteroatoms. The van der Waals surface area contributed by atoms with Gasteiger partial charge in [-0.05, 0) is 44.7 Å². The van der Waals surface area contributed by atoms with Crippen LogP contribution in [0.4, 0.5) is 0 Å². The summed E-state index contributed by atoms with van der Waals surface area (Å²) in [7, 11) is 0. The highest BCUT2D eigenvalue weighted by atomic mass is 16.4. The number of likely N-dealkylation sites (tertiary alicyclic amines) is 1. The number of nitrogens with one attached hydrogen (secondary N) is 1. The fraction of sp³-hybridized carbons (Fsp3) is 0.474. The second kappa shape index (κ2) is 6.40. The number of piperidine rings is 1. The number of oxazole rings is 1. The molecule has 24 heavy (non-hydrogen) atoms. The zero-order chi connectivity index (χ0) is 16.5. The van der Waals surface area contributed by atoms with Crippen molar-refractivity contribution in [3.63, 3.8) is 0 Å². The van der Waals surface area contributed by atoms with Crippen molar-refractivity contribution in [3.8, 4) is 11.5 Å². The zero-order valence-corrected chi connectivity index (χ0v) is 14.0. The molecule has 126 valence electrons. The first-order valence-electron chi connectivity index (χ1n) is 8.78. The summed E-state index contributed by atoms with van der Waals surface area (Å²) < 4.78 is 5.74. The quantitative estimate of drug-likeness (QED) is 0.939. The molecule has 1 saturated carbocycles. The van der Waals surface area contributed by atoms with E-state index in [2.05, 4.69) is 15.2 Å². The predicted molar refractivity (Wildman–Crippen MR) is 91.8 cm³/mol. The maximum absolute atomic E-state index is 12.5. The standard InChI is InChI=1S/C19H23N3O2/c1-13-17(24-19(20-13)14-5-3-2-4-6-14)18(23)21-15-9-11-22(12-10-15)16-7-8-16/h2-6,15-16H,7-12H2,1H3,(H,21,23). The number of nitrogens with zero attached hydrogens (tertiary/aromatic N) is 2. The van der Waals surface area contributed by atoms with Crippen LogP contribution in [0.3, 0.4) is 0 Å². The molecule has 0 bridgehead atoms. The van der Waals surface area contributed by atoms with Gasteiger partial charge in [-0.3, -0.25) is 4.79 Å². The SMILES string of the molecule is Cc1nc(-c2ccccc2)oc1C(=O)NC1CCN(C2CC2)CC1. The van der Waals surface area contributed by atoms with Crippen LogP contribution < -0.4 is 5.32 Å². The van der Waals surface area contributed by atoms with Crippen molar-refractivity contribution in [2.75, 3.05) is 13.1 Å². The highest BCUT2D eigenvalue weighted by Crippen LogP contribution is 2.29. The molecule has 0 spiro atoms. The van der Waals surface area contributed by atoms with Gasteiger partial charge in [0.25, 0.3) is 5.91 Å². The second-order valence-electron chi connectivity index (χ2n) is 6.81. The van der Waals surface area contributed by atoms with Crippen molar-refractivity contribution in [2.45, 2.75) is 44.7 Å². The van der Waals surface area contributed by atoms with E-state index in [1.165, 1.54) is 12.8 Å². The fourth-order valence-corrected chi connectivity index (χ4v) is 3.41. The molecule has 0 radical (unpaired) electrons. The molecule has 1 aliphatic heterocycles. The molecule has 0 unspecified atom stereocenters. The van der Waals surface area contributed by atoms with Crippen LogP contribution in [0.2, 0.25) is 0 Å². The molecule has 2 heterocycles. The van der Waals surface area contributed by atoms with Gasteiger partial charge in [0.2, 0.25) is 11.7 Å². The molecule has 1 N–H and O–H groups in total. The van der Waals surface area contributed by atoms with E-state index in [9.17, 15) is 4.79 Å². The number of aromatic nitrogens is 1. The van der Waals surface area contributed by atoms with Crippen molar-refractivity contribution in [1.29, 1.82) is 0 Å². The third-order valence-electron chi connectivity index (χ3n) is 4.95. The molecule has 4 rings (SSSR count). The van der Waals surface area contributed by atoms with Crippen molar-refractivity contribution in [1.82, 2.24) is 15.2 Å². The largest absolute Gasteiger partial charge is 0.431 e. The van der Waals surface area contributed by atoms with Gasteiger partial charge in [-0.2, -0.15) is 0 Å². The van der Waals surface area contributed by atoms with Crippen LogP contribution >= 0.6 is 0 Å². The topological polar surface area (TPSA) is 58.4 Å². The Bertz CT molecular complexity index is 713. The van der Waals surface area contributed by atoms with E-state index >= 15 is 0 Å². The third-order valence-corrected chi connectivity index (χ3v) is 4.95. The molecule has 2 aromatic rings. The van der Waals surface area contributed by atoms with Gasteiger partial charge in [0.05, 0.1) is 5.69 Å². The maximum atomic E-state index is 12.5. The van der Waals surface area contributed by atoms with Crippen LogP contribution in [-0.4, -0.2) is 41.0 Å². The Morgan fingerprint density at radius 3 is 2.54 bits per heavy atom. The van der Waals surface area contributed by atoms with Crippen LogP contribution in [0, 0.1) is 6.92 Å². The van der Waals surface area contributed by atoms with Gasteiger partial charge >= 0.3 is 0 Å². The summed E-state index contributed by atoms with van der Waals surface area (Å²) >= 11 is 0. The van der Waals surface area contributed by atoms with E-state index in [4.69, 9.17) is 4.42 Å². The van der Waals surface area contributed by atoms with Crippen LogP contribution in [0.1, 0.15) is 41.9 Å². The summed E-state index contributed by atoms with van der Waals surface area (Å²) in [5.74, 6) is 0.687. The Labute approximate surface area is 142 Å². The smallest absolute Gasteiger partial charge is 0.289 e. The lowest BCUT2D eigenvalue weighted by Gasteiger charge is -2.32. The van der Waals surface area contributed by atoms with E-state index in [1.54, 1.807) is 0 Å². The summed E-state index contributed by atoms with van der Waals surface area (Å²) in [5, 5.41) is 3.12. The van der Waals surface area contributed by atoms with Crippen LogP contribution in [0.15, 0.2) is 34.7 Å². The summed E-state index contributed by atoms with van der Waals surface area (Å²) in [6.07, 6.45) is 4.72. The number of hydrogen-bond acceptors (Lipinski definition) is 4. The lowest BCUT2D eigenvalue weighted by molar-refractivity contribution is 0.0881. The highest BCUT2D eigenvalue weighted by Gasteiger charge is 2.32. The van der Waals surface area contributed by atoms with Crippen molar-refractivity contribution in [2.24, 2.45) is 0 Å². The second-order valence-corrected chi connectivity index (χ2v) is 6.81. The molecule has 1 amide bonds. The Hall–Kier alpha value is -2.14. The lowest BCUT2D eigenvalue weighted by atomic mass is 10.0. The van der Waals surface area contributed by atoms with Crippen molar-refractivity contribution >= 4 is 5.91 Å². The van der Waals surface area contributed by atoms with Crippen molar-refractivity contribution in [3.05, 3.63) is 41.8 Å². The Morgan fingerprint density at radius 1 is 1.17 bits per heavy atom. The zero-order valence-electron chi connectivity index (χ0n) is 14.0. The molecule has 2 aliphatic rings. The number of amides is 1. The van der Waals surface area contributed by atoms with Gasteiger partial charge < -0.3 is 14.6 Å². The minimum Gasteiger partial charge on any atom is -0.431 e.